The Balaban J connectivity index is 1.71. The lowest BCUT2D eigenvalue weighted by molar-refractivity contribution is -0.152. The van der Waals surface area contributed by atoms with Crippen molar-refractivity contribution in [3.8, 4) is 34.1 Å². The highest BCUT2D eigenvalue weighted by Crippen LogP contribution is 2.40. The molecule has 0 spiro atoms. The maximum Gasteiger partial charge on any atom is 0.450 e. The van der Waals surface area contributed by atoms with Gasteiger partial charge in [0.2, 0.25) is 11.2 Å². The van der Waals surface area contributed by atoms with Crippen LogP contribution in [-0.4, -0.2) is 26.3 Å². The number of hydrogen-bond donors (Lipinski definition) is 0. The molecule has 38 heavy (non-hydrogen) atoms. The van der Waals surface area contributed by atoms with Crippen molar-refractivity contribution in [1.29, 1.82) is 0 Å². The molecule has 4 rings (SSSR count). The van der Waals surface area contributed by atoms with Gasteiger partial charge in [0.1, 0.15) is 17.1 Å². The lowest BCUT2D eigenvalue weighted by Crippen LogP contribution is -2.28. The first-order valence-corrected chi connectivity index (χ1v) is 11.4. The van der Waals surface area contributed by atoms with Gasteiger partial charge in [0.25, 0.3) is 0 Å². The van der Waals surface area contributed by atoms with E-state index >= 15 is 0 Å². The van der Waals surface area contributed by atoms with Crippen LogP contribution in [0.15, 0.2) is 69.9 Å². The van der Waals surface area contributed by atoms with Crippen LogP contribution in [0.1, 0.15) is 12.7 Å². The Hall–Kier alpha value is -4.18. The SMILES string of the molecule is COc1ccc(-c2c(C(F)(F)F)oc3cc(OC(=O)C(C)Oc4ccc(Cl)cc4)ccc3c2=O)cc1OC. The molecule has 0 bridgehead atoms. The highest BCUT2D eigenvalue weighted by molar-refractivity contribution is 6.30. The zero-order valence-electron chi connectivity index (χ0n) is 20.2. The molecule has 1 aromatic heterocycles. The van der Waals surface area contributed by atoms with Crippen LogP contribution in [0.25, 0.3) is 22.1 Å². The van der Waals surface area contributed by atoms with E-state index in [1.54, 1.807) is 24.3 Å². The van der Waals surface area contributed by atoms with Crippen LogP contribution >= 0.6 is 11.6 Å². The third-order valence-corrected chi connectivity index (χ3v) is 5.72. The lowest BCUT2D eigenvalue weighted by atomic mass is 10.0. The minimum Gasteiger partial charge on any atom is -0.493 e. The van der Waals surface area contributed by atoms with E-state index in [0.29, 0.717) is 10.8 Å². The van der Waals surface area contributed by atoms with Gasteiger partial charge in [0.05, 0.1) is 25.2 Å². The van der Waals surface area contributed by atoms with Crippen LogP contribution in [0, 0.1) is 0 Å². The fourth-order valence-electron chi connectivity index (χ4n) is 3.66. The fourth-order valence-corrected chi connectivity index (χ4v) is 3.78. The predicted molar refractivity (Wildman–Crippen MR) is 133 cm³/mol. The molecule has 0 saturated carbocycles. The predicted octanol–water partition coefficient (Wildman–Crippen LogP) is 6.52. The Morgan fingerprint density at radius 3 is 2.21 bits per heavy atom. The Kier molecular flexibility index (Phi) is 7.54. The van der Waals surface area contributed by atoms with Gasteiger partial charge >= 0.3 is 12.1 Å². The topological polar surface area (TPSA) is 84.2 Å². The zero-order valence-corrected chi connectivity index (χ0v) is 21.0. The lowest BCUT2D eigenvalue weighted by Gasteiger charge is -2.16. The number of carbonyl (C=O) groups is 1. The van der Waals surface area contributed by atoms with Gasteiger partial charge in [-0.1, -0.05) is 17.7 Å². The van der Waals surface area contributed by atoms with E-state index in [1.165, 1.54) is 51.5 Å². The molecule has 198 valence electrons. The molecule has 1 unspecified atom stereocenters. The third-order valence-electron chi connectivity index (χ3n) is 5.47. The Morgan fingerprint density at radius 2 is 1.58 bits per heavy atom. The number of alkyl halides is 3. The molecular formula is C27H20ClF3O7. The van der Waals surface area contributed by atoms with Crippen molar-refractivity contribution >= 4 is 28.5 Å². The standard InChI is InChI=1S/C27H20ClF3O7/c1-14(36-17-7-5-16(28)6-8-17)26(33)37-18-9-10-19-21(13-18)38-25(27(29,30)31)23(24(19)32)15-4-11-20(34-2)22(12-15)35-3/h4-14H,1-3H3. The summed E-state index contributed by atoms with van der Waals surface area (Å²) in [5.41, 5.74) is -2.11. The minimum atomic E-state index is -5.01. The summed E-state index contributed by atoms with van der Waals surface area (Å²) < 4.78 is 68.3. The summed E-state index contributed by atoms with van der Waals surface area (Å²) in [6, 6.07) is 13.7. The van der Waals surface area contributed by atoms with Crippen LogP contribution < -0.4 is 24.4 Å². The maximum absolute atomic E-state index is 14.0. The number of halogens is 4. The number of ether oxygens (including phenoxy) is 4. The van der Waals surface area contributed by atoms with E-state index in [0.717, 1.165) is 6.07 Å². The van der Waals surface area contributed by atoms with Crippen molar-refractivity contribution in [3.63, 3.8) is 0 Å². The molecule has 0 aliphatic heterocycles. The van der Waals surface area contributed by atoms with E-state index in [4.69, 9.17) is 35.0 Å². The highest BCUT2D eigenvalue weighted by atomic mass is 35.5. The molecule has 0 radical (unpaired) electrons. The number of fused-ring (bicyclic) bond motifs is 1. The van der Waals surface area contributed by atoms with Crippen molar-refractivity contribution in [1.82, 2.24) is 0 Å². The summed E-state index contributed by atoms with van der Waals surface area (Å²) in [5, 5.41) is 0.339. The van der Waals surface area contributed by atoms with Crippen LogP contribution in [-0.2, 0) is 11.0 Å². The number of methoxy groups -OCH3 is 2. The Bertz CT molecular complexity index is 1550. The molecule has 4 aromatic rings. The van der Waals surface area contributed by atoms with Crippen molar-refractivity contribution in [2.24, 2.45) is 0 Å². The number of esters is 1. The summed E-state index contributed by atoms with van der Waals surface area (Å²) in [7, 11) is 2.69. The first-order valence-electron chi connectivity index (χ1n) is 11.1. The number of rotatable bonds is 7. The van der Waals surface area contributed by atoms with Crippen molar-refractivity contribution in [2.45, 2.75) is 19.2 Å². The van der Waals surface area contributed by atoms with E-state index in [1.807, 2.05) is 0 Å². The van der Waals surface area contributed by atoms with Crippen LogP contribution in [0.5, 0.6) is 23.0 Å². The minimum absolute atomic E-state index is 0.0747. The van der Waals surface area contributed by atoms with Gasteiger partial charge in [0, 0.05) is 11.1 Å². The van der Waals surface area contributed by atoms with Gasteiger partial charge in [0.15, 0.2) is 17.6 Å². The molecule has 11 heteroatoms. The average Bonchev–Trinajstić information content (AvgIpc) is 2.88. The number of benzene rings is 3. The van der Waals surface area contributed by atoms with Crippen LogP contribution in [0.3, 0.4) is 0 Å². The molecule has 0 amide bonds. The molecular weight excluding hydrogens is 529 g/mol. The monoisotopic (exact) mass is 548 g/mol. The zero-order chi connectivity index (χ0) is 27.6. The normalized spacial score (nSPS) is 12.2. The van der Waals surface area contributed by atoms with Crippen LogP contribution in [0.4, 0.5) is 13.2 Å². The van der Waals surface area contributed by atoms with Gasteiger partial charge < -0.3 is 23.4 Å². The van der Waals surface area contributed by atoms with Gasteiger partial charge in [-0.2, -0.15) is 13.2 Å². The molecule has 1 atom stereocenters. The molecule has 1 heterocycles. The van der Waals surface area contributed by atoms with Crippen molar-refractivity contribution in [2.75, 3.05) is 14.2 Å². The highest BCUT2D eigenvalue weighted by Gasteiger charge is 2.39. The second kappa shape index (κ2) is 10.7. The van der Waals surface area contributed by atoms with E-state index in [9.17, 15) is 22.8 Å². The average molecular weight is 549 g/mol. The second-order valence-corrected chi connectivity index (χ2v) is 8.43. The van der Waals surface area contributed by atoms with E-state index in [2.05, 4.69) is 0 Å². The van der Waals surface area contributed by atoms with Crippen molar-refractivity contribution < 1.29 is 41.3 Å². The molecule has 0 aliphatic rings. The summed E-state index contributed by atoms with van der Waals surface area (Å²) >= 11 is 5.83. The first-order chi connectivity index (χ1) is 18.0. The van der Waals surface area contributed by atoms with E-state index in [-0.39, 0.29) is 28.2 Å². The Morgan fingerprint density at radius 1 is 0.921 bits per heavy atom. The van der Waals surface area contributed by atoms with Crippen LogP contribution in [0.2, 0.25) is 5.02 Å². The quantitative estimate of drug-likeness (QED) is 0.192. The molecule has 0 fully saturated rings. The molecule has 0 N–H and O–H groups in total. The molecule has 0 saturated heterocycles. The summed E-state index contributed by atoms with van der Waals surface area (Å²) in [5.74, 6) is -1.69. The second-order valence-electron chi connectivity index (χ2n) is 8.00. The summed E-state index contributed by atoms with van der Waals surface area (Å²) in [6.45, 7) is 1.44. The van der Waals surface area contributed by atoms with E-state index < -0.39 is 40.6 Å². The van der Waals surface area contributed by atoms with Gasteiger partial charge in [-0.3, -0.25) is 4.79 Å². The molecule has 0 aliphatic carbocycles. The van der Waals surface area contributed by atoms with Crippen molar-refractivity contribution in [3.05, 3.63) is 81.7 Å². The summed E-state index contributed by atoms with van der Waals surface area (Å²) in [6.07, 6.45) is -6.07. The third kappa shape index (κ3) is 5.55. The fraction of sp³-hybridized carbons (Fsp3) is 0.185. The van der Waals surface area contributed by atoms with Gasteiger partial charge in [-0.05, 0) is 61.0 Å². The first kappa shape index (κ1) is 26.9. The molecule has 3 aromatic carbocycles. The maximum atomic E-state index is 14.0. The largest absolute Gasteiger partial charge is 0.493 e. The summed E-state index contributed by atoms with van der Waals surface area (Å²) in [4.78, 5) is 25.7. The smallest absolute Gasteiger partial charge is 0.450 e. The van der Waals surface area contributed by atoms with Gasteiger partial charge in [-0.25, -0.2) is 4.79 Å². The van der Waals surface area contributed by atoms with Gasteiger partial charge in [-0.15, -0.1) is 0 Å². The number of hydrogen-bond acceptors (Lipinski definition) is 7. The molecule has 7 nitrogen and oxygen atoms in total. The number of carbonyl (C=O) groups excluding carboxylic acids is 1. The Labute approximate surface area is 219 Å².